The van der Waals surface area contributed by atoms with Crippen LogP contribution in [-0.4, -0.2) is 33.8 Å². The van der Waals surface area contributed by atoms with E-state index in [-0.39, 0.29) is 17.9 Å². The van der Waals surface area contributed by atoms with Gasteiger partial charge in [-0.1, -0.05) is 0 Å². The van der Waals surface area contributed by atoms with Crippen molar-refractivity contribution in [1.82, 2.24) is 20.1 Å². The first-order chi connectivity index (χ1) is 10.7. The van der Waals surface area contributed by atoms with Gasteiger partial charge in [0, 0.05) is 49.5 Å². The van der Waals surface area contributed by atoms with E-state index in [0.29, 0.717) is 13.2 Å². The number of nitrogens with one attached hydrogen (secondary N) is 1. The molecule has 3 rings (SSSR count). The van der Waals surface area contributed by atoms with Crippen LogP contribution in [0.2, 0.25) is 0 Å². The van der Waals surface area contributed by atoms with Gasteiger partial charge in [0.1, 0.15) is 0 Å². The third-order valence-corrected chi connectivity index (χ3v) is 4.97. The van der Waals surface area contributed by atoms with Crippen LogP contribution in [0.25, 0.3) is 0 Å². The van der Waals surface area contributed by atoms with Gasteiger partial charge in [0.05, 0.1) is 23.2 Å². The van der Waals surface area contributed by atoms with Crippen molar-refractivity contribution in [3.8, 4) is 0 Å². The zero-order chi connectivity index (χ0) is 15.5. The average Bonchev–Trinajstić information content (AvgIpc) is 3.22. The van der Waals surface area contributed by atoms with Crippen molar-refractivity contribution in [1.29, 1.82) is 0 Å². The SMILES string of the molecule is Cc1c([C@H]2OCC[C@@H]2C(=O)NCCc2nccs2)cnn1C. The molecular weight excluding hydrogens is 300 g/mol. The van der Waals surface area contributed by atoms with Gasteiger partial charge in [0.2, 0.25) is 5.91 Å². The van der Waals surface area contributed by atoms with E-state index in [9.17, 15) is 4.79 Å². The summed E-state index contributed by atoms with van der Waals surface area (Å²) in [5.41, 5.74) is 2.06. The molecule has 2 aromatic rings. The lowest BCUT2D eigenvalue weighted by Gasteiger charge is -2.18. The van der Waals surface area contributed by atoms with Gasteiger partial charge in [-0.25, -0.2) is 4.98 Å². The number of rotatable bonds is 5. The number of amides is 1. The minimum absolute atomic E-state index is 0.0577. The zero-order valence-corrected chi connectivity index (χ0v) is 13.6. The fraction of sp³-hybridized carbons (Fsp3) is 0.533. The summed E-state index contributed by atoms with van der Waals surface area (Å²) >= 11 is 1.61. The van der Waals surface area contributed by atoms with E-state index in [2.05, 4.69) is 15.4 Å². The van der Waals surface area contributed by atoms with Crippen LogP contribution in [0.15, 0.2) is 17.8 Å². The van der Waals surface area contributed by atoms with E-state index in [4.69, 9.17) is 4.74 Å². The smallest absolute Gasteiger partial charge is 0.226 e. The maximum Gasteiger partial charge on any atom is 0.226 e. The second kappa shape index (κ2) is 6.58. The van der Waals surface area contributed by atoms with Crippen molar-refractivity contribution in [2.45, 2.75) is 25.9 Å². The molecule has 118 valence electrons. The monoisotopic (exact) mass is 320 g/mol. The van der Waals surface area contributed by atoms with Crippen LogP contribution in [0.1, 0.15) is 28.8 Å². The van der Waals surface area contributed by atoms with Crippen LogP contribution in [0, 0.1) is 12.8 Å². The molecule has 2 atom stereocenters. The quantitative estimate of drug-likeness (QED) is 0.909. The standard InChI is InChI=1S/C15H20N4O2S/c1-10-12(9-18-19(10)2)14-11(4-7-21-14)15(20)17-5-3-13-16-6-8-22-13/h6,8-9,11,14H,3-5,7H2,1-2H3,(H,17,20)/t11-,14-/m0/s1. The lowest BCUT2D eigenvalue weighted by Crippen LogP contribution is -2.33. The second-order valence-electron chi connectivity index (χ2n) is 5.46. The number of carbonyl (C=O) groups is 1. The Kier molecular flexibility index (Phi) is 4.54. The molecule has 22 heavy (non-hydrogen) atoms. The maximum absolute atomic E-state index is 12.4. The summed E-state index contributed by atoms with van der Waals surface area (Å²) in [5.74, 6) is -0.0819. The Hall–Kier alpha value is -1.73. The summed E-state index contributed by atoms with van der Waals surface area (Å²) in [4.78, 5) is 16.7. The van der Waals surface area contributed by atoms with E-state index in [1.807, 2.05) is 24.0 Å². The molecule has 0 aliphatic carbocycles. The van der Waals surface area contributed by atoms with E-state index in [0.717, 1.165) is 29.1 Å². The third kappa shape index (κ3) is 3.05. The molecule has 1 aliphatic rings. The van der Waals surface area contributed by atoms with E-state index in [1.54, 1.807) is 23.7 Å². The van der Waals surface area contributed by atoms with Gasteiger partial charge < -0.3 is 10.1 Å². The predicted molar refractivity (Wildman–Crippen MR) is 83.6 cm³/mol. The molecule has 0 aromatic carbocycles. The maximum atomic E-state index is 12.4. The Morgan fingerprint density at radius 2 is 2.45 bits per heavy atom. The van der Waals surface area contributed by atoms with Crippen LogP contribution in [0.4, 0.5) is 0 Å². The van der Waals surface area contributed by atoms with Crippen molar-refractivity contribution in [2.75, 3.05) is 13.2 Å². The summed E-state index contributed by atoms with van der Waals surface area (Å²) in [6.07, 6.45) is 4.93. The normalized spacial score (nSPS) is 21.2. The minimum atomic E-state index is -0.187. The number of thiazole rings is 1. The fourth-order valence-corrected chi connectivity index (χ4v) is 3.38. The molecule has 0 unspecified atom stereocenters. The third-order valence-electron chi connectivity index (χ3n) is 4.13. The van der Waals surface area contributed by atoms with E-state index >= 15 is 0 Å². The average molecular weight is 320 g/mol. The molecule has 1 N–H and O–H groups in total. The molecule has 0 spiro atoms. The number of carbonyl (C=O) groups excluding carboxylic acids is 1. The molecule has 6 nitrogen and oxygen atoms in total. The van der Waals surface area contributed by atoms with Crippen LogP contribution in [0.5, 0.6) is 0 Å². The molecule has 1 fully saturated rings. The van der Waals surface area contributed by atoms with Crippen molar-refractivity contribution < 1.29 is 9.53 Å². The Balaban J connectivity index is 1.60. The summed E-state index contributed by atoms with van der Waals surface area (Å²) in [7, 11) is 1.90. The van der Waals surface area contributed by atoms with Gasteiger partial charge in [0.15, 0.2) is 0 Å². The van der Waals surface area contributed by atoms with Crippen molar-refractivity contribution in [2.24, 2.45) is 13.0 Å². The van der Waals surface area contributed by atoms with Crippen LogP contribution < -0.4 is 5.32 Å². The Labute approximate surface area is 133 Å². The van der Waals surface area contributed by atoms with Gasteiger partial charge in [0.25, 0.3) is 0 Å². The summed E-state index contributed by atoms with van der Waals surface area (Å²) < 4.78 is 7.61. The minimum Gasteiger partial charge on any atom is -0.373 e. The summed E-state index contributed by atoms with van der Waals surface area (Å²) in [6, 6.07) is 0. The second-order valence-corrected chi connectivity index (χ2v) is 6.44. The molecule has 1 aliphatic heterocycles. The molecule has 3 heterocycles. The van der Waals surface area contributed by atoms with Gasteiger partial charge >= 0.3 is 0 Å². The highest BCUT2D eigenvalue weighted by molar-refractivity contribution is 7.09. The first kappa shape index (κ1) is 15.2. The largest absolute Gasteiger partial charge is 0.373 e. The van der Waals surface area contributed by atoms with Crippen molar-refractivity contribution in [3.63, 3.8) is 0 Å². The van der Waals surface area contributed by atoms with Crippen molar-refractivity contribution in [3.05, 3.63) is 34.0 Å². The number of aromatic nitrogens is 3. The van der Waals surface area contributed by atoms with Crippen molar-refractivity contribution >= 4 is 17.2 Å². The van der Waals surface area contributed by atoms with Crippen LogP contribution >= 0.6 is 11.3 Å². The topological polar surface area (TPSA) is 69.0 Å². The lowest BCUT2D eigenvalue weighted by molar-refractivity contribution is -0.126. The first-order valence-electron chi connectivity index (χ1n) is 7.43. The molecule has 0 bridgehead atoms. The molecule has 2 aromatic heterocycles. The highest BCUT2D eigenvalue weighted by atomic mass is 32.1. The Morgan fingerprint density at radius 1 is 1.59 bits per heavy atom. The molecular formula is C15H20N4O2S. The summed E-state index contributed by atoms with van der Waals surface area (Å²) in [5, 5.41) is 10.2. The Morgan fingerprint density at radius 3 is 3.14 bits per heavy atom. The van der Waals surface area contributed by atoms with E-state index < -0.39 is 0 Å². The number of nitrogens with zero attached hydrogens (tertiary/aromatic N) is 3. The molecule has 7 heteroatoms. The predicted octanol–water partition coefficient (Wildman–Crippen LogP) is 1.62. The highest BCUT2D eigenvalue weighted by Crippen LogP contribution is 2.35. The molecule has 1 saturated heterocycles. The molecule has 0 saturated carbocycles. The first-order valence-corrected chi connectivity index (χ1v) is 8.31. The number of aryl methyl sites for hydroxylation is 1. The molecule has 1 amide bonds. The number of hydrogen-bond donors (Lipinski definition) is 1. The number of ether oxygens (including phenoxy) is 1. The van der Waals surface area contributed by atoms with Gasteiger partial charge in [-0.15, -0.1) is 11.3 Å². The highest BCUT2D eigenvalue weighted by Gasteiger charge is 2.36. The van der Waals surface area contributed by atoms with Gasteiger partial charge in [-0.05, 0) is 13.3 Å². The Bertz CT molecular complexity index is 638. The summed E-state index contributed by atoms with van der Waals surface area (Å²) in [6.45, 7) is 3.23. The zero-order valence-electron chi connectivity index (χ0n) is 12.8. The van der Waals surface area contributed by atoms with Gasteiger partial charge in [-0.2, -0.15) is 5.10 Å². The lowest BCUT2D eigenvalue weighted by atomic mass is 9.95. The fourth-order valence-electron chi connectivity index (χ4n) is 2.76. The van der Waals surface area contributed by atoms with E-state index in [1.165, 1.54) is 0 Å². The number of hydrogen-bond acceptors (Lipinski definition) is 5. The van der Waals surface area contributed by atoms with Crippen LogP contribution in [-0.2, 0) is 23.0 Å². The van der Waals surface area contributed by atoms with Gasteiger partial charge in [-0.3, -0.25) is 9.48 Å². The molecule has 0 radical (unpaired) electrons. The van der Waals surface area contributed by atoms with Crippen LogP contribution in [0.3, 0.4) is 0 Å².